The number of carbonyl (C=O) groups is 1. The van der Waals surface area contributed by atoms with Crippen molar-refractivity contribution in [2.75, 3.05) is 0 Å². The predicted molar refractivity (Wildman–Crippen MR) is 112 cm³/mol. The molecular formula is C23H26F3N3OS. The quantitative estimate of drug-likeness (QED) is 0.709. The minimum absolute atomic E-state index is 0.0107. The van der Waals surface area contributed by atoms with Crippen LogP contribution in [0.15, 0.2) is 34.6 Å². The van der Waals surface area contributed by atoms with Crippen molar-refractivity contribution in [3.8, 4) is 0 Å². The fourth-order valence-corrected chi connectivity index (χ4v) is 7.28. The summed E-state index contributed by atoms with van der Waals surface area (Å²) in [5.74, 6) is 1.98. The van der Waals surface area contributed by atoms with Gasteiger partial charge in [0.1, 0.15) is 5.69 Å². The Bertz CT molecular complexity index is 1030. The van der Waals surface area contributed by atoms with Gasteiger partial charge in [-0.3, -0.25) is 9.79 Å². The number of halogens is 3. The number of nitrogens with one attached hydrogen (secondary N) is 1. The van der Waals surface area contributed by atoms with Crippen molar-refractivity contribution in [1.82, 2.24) is 9.88 Å². The van der Waals surface area contributed by atoms with Gasteiger partial charge in [0.2, 0.25) is 0 Å². The lowest BCUT2D eigenvalue weighted by Crippen LogP contribution is -2.50. The number of alkyl halides is 3. The van der Waals surface area contributed by atoms with E-state index in [1.54, 1.807) is 16.0 Å². The molecule has 4 aliphatic rings. The van der Waals surface area contributed by atoms with Crippen LogP contribution >= 0.6 is 11.3 Å². The number of hydrogen-bond donors (Lipinski definition) is 1. The average Bonchev–Trinajstić information content (AvgIpc) is 3.04. The highest BCUT2D eigenvalue weighted by atomic mass is 32.1. The minimum atomic E-state index is -4.45. The van der Waals surface area contributed by atoms with Gasteiger partial charge in [-0.15, -0.1) is 11.3 Å². The van der Waals surface area contributed by atoms with E-state index < -0.39 is 11.7 Å². The molecule has 0 aliphatic heterocycles. The number of amides is 1. The monoisotopic (exact) mass is 449 g/mol. The Morgan fingerprint density at radius 1 is 1.16 bits per heavy atom. The molecule has 4 aliphatic carbocycles. The molecule has 31 heavy (non-hydrogen) atoms. The zero-order valence-electron chi connectivity index (χ0n) is 17.4. The number of carbonyl (C=O) groups excluding carboxylic acids is 1. The van der Waals surface area contributed by atoms with Crippen molar-refractivity contribution in [3.05, 3.63) is 51.3 Å². The Morgan fingerprint density at radius 2 is 1.77 bits per heavy atom. The summed E-state index contributed by atoms with van der Waals surface area (Å²) < 4.78 is 41.4. The molecule has 4 fully saturated rings. The largest absolute Gasteiger partial charge is 0.416 e. The van der Waals surface area contributed by atoms with Crippen LogP contribution in [0.5, 0.6) is 0 Å². The molecule has 4 nitrogen and oxygen atoms in total. The lowest BCUT2D eigenvalue weighted by molar-refractivity contribution is -0.138. The second-order valence-electron chi connectivity index (χ2n) is 9.55. The van der Waals surface area contributed by atoms with Crippen LogP contribution in [0, 0.1) is 17.8 Å². The first-order chi connectivity index (χ1) is 14.7. The van der Waals surface area contributed by atoms with Crippen molar-refractivity contribution in [1.29, 1.82) is 0 Å². The number of rotatable bonds is 4. The maximum absolute atomic E-state index is 13.2. The van der Waals surface area contributed by atoms with E-state index in [9.17, 15) is 18.0 Å². The molecule has 1 aromatic heterocycles. The summed E-state index contributed by atoms with van der Waals surface area (Å²) >= 11 is 1.44. The molecule has 4 bridgehead atoms. The molecule has 1 heterocycles. The highest BCUT2D eigenvalue weighted by Crippen LogP contribution is 2.57. The summed E-state index contributed by atoms with van der Waals surface area (Å²) in [6.07, 6.45) is 3.03. The van der Waals surface area contributed by atoms with Gasteiger partial charge in [-0.1, -0.05) is 18.2 Å². The first-order valence-electron chi connectivity index (χ1n) is 10.9. The molecular weight excluding hydrogens is 423 g/mol. The van der Waals surface area contributed by atoms with Crippen LogP contribution in [0.25, 0.3) is 0 Å². The summed E-state index contributed by atoms with van der Waals surface area (Å²) in [4.78, 5) is 18.7. The van der Waals surface area contributed by atoms with Crippen molar-refractivity contribution in [2.45, 2.75) is 56.8 Å². The van der Waals surface area contributed by atoms with Gasteiger partial charge in [-0.05, 0) is 67.9 Å². The fourth-order valence-electron chi connectivity index (χ4n) is 6.30. The Kier molecular flexibility index (Phi) is 5.03. The van der Waals surface area contributed by atoms with Crippen LogP contribution < -0.4 is 10.1 Å². The molecule has 1 amide bonds. The highest BCUT2D eigenvalue weighted by molar-refractivity contribution is 7.07. The van der Waals surface area contributed by atoms with Gasteiger partial charge in [0, 0.05) is 19.0 Å². The van der Waals surface area contributed by atoms with Crippen molar-refractivity contribution in [2.24, 2.45) is 29.8 Å². The first-order valence-corrected chi connectivity index (χ1v) is 11.7. The normalized spacial score (nSPS) is 30.1. The molecule has 0 atom stereocenters. The molecule has 0 saturated heterocycles. The summed E-state index contributed by atoms with van der Waals surface area (Å²) in [6.45, 7) is -0.175. The Balaban J connectivity index is 1.34. The number of hydrogen-bond acceptors (Lipinski definition) is 3. The van der Waals surface area contributed by atoms with Gasteiger partial charge in [0.25, 0.3) is 5.91 Å². The summed E-state index contributed by atoms with van der Waals surface area (Å²) in [7, 11) is 1.81. The van der Waals surface area contributed by atoms with Crippen LogP contribution in [-0.2, 0) is 19.8 Å². The fraction of sp³-hybridized carbons (Fsp3) is 0.565. The van der Waals surface area contributed by atoms with Crippen molar-refractivity contribution in [3.63, 3.8) is 0 Å². The van der Waals surface area contributed by atoms with Crippen LogP contribution in [0.4, 0.5) is 13.2 Å². The van der Waals surface area contributed by atoms with E-state index in [0.29, 0.717) is 5.69 Å². The average molecular weight is 450 g/mol. The van der Waals surface area contributed by atoms with Gasteiger partial charge in [0.05, 0.1) is 11.1 Å². The number of benzene rings is 1. The number of nitrogens with zero attached hydrogens (tertiary/aromatic N) is 2. The van der Waals surface area contributed by atoms with Crippen LogP contribution in [0.3, 0.4) is 0 Å². The highest BCUT2D eigenvalue weighted by Gasteiger charge is 2.51. The molecule has 166 valence electrons. The molecule has 1 N–H and O–H groups in total. The standard InChI is InChI=1S/C23H26F3N3OS/c1-29-19(20(30)27-12-17-4-2-3-5-18(17)23(24,25)26)13-31-21(29)28-22-9-14-6-15(10-22)8-16(7-14)11-22/h2-5,13-16H,6-12H2,1H3,(H,27,30). The smallest absolute Gasteiger partial charge is 0.347 e. The minimum Gasteiger partial charge on any atom is -0.347 e. The molecule has 6 rings (SSSR count). The molecule has 0 unspecified atom stereocenters. The third-order valence-corrected chi connectivity index (χ3v) is 8.17. The van der Waals surface area contributed by atoms with E-state index in [0.717, 1.165) is 47.9 Å². The second-order valence-corrected chi connectivity index (χ2v) is 10.4. The van der Waals surface area contributed by atoms with E-state index in [1.807, 2.05) is 7.05 Å². The second kappa shape index (κ2) is 7.50. The molecule has 8 heteroatoms. The lowest BCUT2D eigenvalue weighted by atomic mass is 9.53. The van der Waals surface area contributed by atoms with Gasteiger partial charge < -0.3 is 9.88 Å². The van der Waals surface area contributed by atoms with Crippen molar-refractivity contribution >= 4 is 17.2 Å². The lowest BCUT2D eigenvalue weighted by Gasteiger charge is -2.54. The summed E-state index contributed by atoms with van der Waals surface area (Å²) in [6, 6.07) is 5.33. The molecule has 1 aromatic carbocycles. The van der Waals surface area contributed by atoms with Crippen LogP contribution in [0.1, 0.15) is 60.1 Å². The van der Waals surface area contributed by atoms with Gasteiger partial charge in [-0.2, -0.15) is 13.2 Å². The summed E-state index contributed by atoms with van der Waals surface area (Å²) in [5.41, 5.74) is -0.225. The Morgan fingerprint density at radius 3 is 2.39 bits per heavy atom. The van der Waals surface area contributed by atoms with Crippen LogP contribution in [-0.4, -0.2) is 16.0 Å². The van der Waals surface area contributed by atoms with Gasteiger partial charge in [-0.25, -0.2) is 0 Å². The molecule has 2 aromatic rings. The molecule has 0 radical (unpaired) electrons. The molecule has 0 spiro atoms. The maximum atomic E-state index is 13.2. The first kappa shape index (κ1) is 20.8. The number of thiazole rings is 1. The van der Waals surface area contributed by atoms with E-state index in [-0.39, 0.29) is 23.6 Å². The van der Waals surface area contributed by atoms with E-state index in [1.165, 1.54) is 42.7 Å². The van der Waals surface area contributed by atoms with Gasteiger partial charge >= 0.3 is 6.18 Å². The van der Waals surface area contributed by atoms with E-state index in [2.05, 4.69) is 5.32 Å². The van der Waals surface area contributed by atoms with Gasteiger partial charge in [0.15, 0.2) is 4.80 Å². The SMILES string of the molecule is Cn1c(C(=O)NCc2ccccc2C(F)(F)F)csc1=NC12CC3CC(CC(C3)C1)C2. The third kappa shape index (κ3) is 3.95. The molecule has 4 saturated carbocycles. The topological polar surface area (TPSA) is 46.4 Å². The maximum Gasteiger partial charge on any atom is 0.416 e. The predicted octanol–water partition coefficient (Wildman–Crippen LogP) is 4.90. The Hall–Kier alpha value is -2.09. The van der Waals surface area contributed by atoms with E-state index in [4.69, 9.17) is 4.99 Å². The zero-order chi connectivity index (χ0) is 21.8. The van der Waals surface area contributed by atoms with Crippen LogP contribution in [0.2, 0.25) is 0 Å². The Labute approximate surface area is 183 Å². The summed E-state index contributed by atoms with van der Waals surface area (Å²) in [5, 5.41) is 4.40. The van der Waals surface area contributed by atoms with E-state index >= 15 is 0 Å². The third-order valence-electron chi connectivity index (χ3n) is 7.26. The zero-order valence-corrected chi connectivity index (χ0v) is 18.2. The van der Waals surface area contributed by atoms with Crippen molar-refractivity contribution < 1.29 is 18.0 Å². The number of aromatic nitrogens is 1.